The summed E-state index contributed by atoms with van der Waals surface area (Å²) in [6.07, 6.45) is 0. The molecule has 0 saturated carbocycles. The Morgan fingerprint density at radius 1 is 0.857 bits per heavy atom. The van der Waals surface area contributed by atoms with Crippen LogP contribution >= 0.6 is 31.9 Å². The minimum atomic E-state index is -0.181. The van der Waals surface area contributed by atoms with Gasteiger partial charge in [0.25, 0.3) is 0 Å². The average molecular weight is 408 g/mol. The molecule has 0 nitrogen and oxygen atoms in total. The van der Waals surface area contributed by atoms with Crippen LogP contribution in [0, 0.1) is 12.7 Å². The largest absolute Gasteiger partial charge is 0.206 e. The molecule has 0 heterocycles. The van der Waals surface area contributed by atoms with Gasteiger partial charge in [0.2, 0.25) is 0 Å². The van der Waals surface area contributed by atoms with Crippen molar-refractivity contribution < 1.29 is 4.39 Å². The van der Waals surface area contributed by atoms with Crippen molar-refractivity contribution in [3.05, 3.63) is 81.6 Å². The number of halogens is 3. The topological polar surface area (TPSA) is 0 Å². The molecule has 1 unspecified atom stereocenters. The predicted octanol–water partition coefficient (Wildman–Crippen LogP) is 6.53. The third-order valence-corrected chi connectivity index (χ3v) is 5.61. The molecule has 0 aliphatic rings. The third-order valence-electron chi connectivity index (χ3n) is 3.76. The maximum absolute atomic E-state index is 14.0. The summed E-state index contributed by atoms with van der Waals surface area (Å²) >= 11 is 7.35. The first-order chi connectivity index (χ1) is 10.1. The average Bonchev–Trinajstić information content (AvgIpc) is 2.50. The zero-order valence-corrected chi connectivity index (χ0v) is 14.6. The van der Waals surface area contributed by atoms with Crippen LogP contribution in [0.5, 0.6) is 0 Å². The molecule has 0 spiro atoms. The van der Waals surface area contributed by atoms with Gasteiger partial charge in [0.05, 0.1) is 4.83 Å². The summed E-state index contributed by atoms with van der Waals surface area (Å²) in [5, 5.41) is 1.60. The number of benzene rings is 3. The zero-order valence-electron chi connectivity index (χ0n) is 11.4. The van der Waals surface area contributed by atoms with E-state index in [0.29, 0.717) is 5.39 Å². The summed E-state index contributed by atoms with van der Waals surface area (Å²) in [7, 11) is 0. The second kappa shape index (κ2) is 5.90. The van der Waals surface area contributed by atoms with Crippen molar-refractivity contribution in [3.8, 4) is 0 Å². The summed E-state index contributed by atoms with van der Waals surface area (Å²) in [5.41, 5.74) is 3.45. The molecule has 0 amide bonds. The molecule has 0 aromatic heterocycles. The fourth-order valence-corrected chi connectivity index (χ4v) is 3.85. The van der Waals surface area contributed by atoms with Gasteiger partial charge < -0.3 is 0 Å². The molecule has 3 aromatic rings. The second-order valence-corrected chi connectivity index (χ2v) is 6.77. The van der Waals surface area contributed by atoms with E-state index in [1.807, 2.05) is 42.5 Å². The van der Waals surface area contributed by atoms with Gasteiger partial charge in [-0.2, -0.15) is 0 Å². The summed E-state index contributed by atoms with van der Waals surface area (Å²) in [6, 6.07) is 17.1. The molecule has 3 heteroatoms. The molecular formula is C18H13Br2F. The quantitative estimate of drug-likeness (QED) is 0.423. The summed E-state index contributed by atoms with van der Waals surface area (Å²) in [5.74, 6) is -0.181. The Labute approximate surface area is 140 Å². The van der Waals surface area contributed by atoms with Gasteiger partial charge in [0.1, 0.15) is 5.82 Å². The molecule has 0 aliphatic carbocycles. The lowest BCUT2D eigenvalue weighted by Gasteiger charge is -2.17. The van der Waals surface area contributed by atoms with Crippen LogP contribution in [0.25, 0.3) is 10.8 Å². The van der Waals surface area contributed by atoms with Gasteiger partial charge in [-0.25, -0.2) is 4.39 Å². The van der Waals surface area contributed by atoms with Crippen molar-refractivity contribution in [1.29, 1.82) is 0 Å². The van der Waals surface area contributed by atoms with E-state index in [-0.39, 0.29) is 10.6 Å². The van der Waals surface area contributed by atoms with Gasteiger partial charge >= 0.3 is 0 Å². The standard InChI is InChI=1S/C18H13Br2F/c1-11-12(7-4-8-16(11)19)18(20)15-9-10-17(21)14-6-3-2-5-13(14)15/h2-10,18H,1H3. The summed E-state index contributed by atoms with van der Waals surface area (Å²) < 4.78 is 15.0. The van der Waals surface area contributed by atoms with Crippen LogP contribution in [-0.2, 0) is 0 Å². The maximum atomic E-state index is 14.0. The first-order valence-electron chi connectivity index (χ1n) is 6.66. The minimum absolute atomic E-state index is 0.0282. The molecule has 0 radical (unpaired) electrons. The van der Waals surface area contributed by atoms with Crippen LogP contribution in [0.3, 0.4) is 0 Å². The Kier molecular flexibility index (Phi) is 4.14. The molecule has 0 saturated heterocycles. The van der Waals surface area contributed by atoms with Gasteiger partial charge in [-0.15, -0.1) is 0 Å². The molecule has 3 aromatic carbocycles. The van der Waals surface area contributed by atoms with E-state index < -0.39 is 0 Å². The Morgan fingerprint density at radius 3 is 2.33 bits per heavy atom. The lowest BCUT2D eigenvalue weighted by Crippen LogP contribution is -1.98. The Bertz CT molecular complexity index is 811. The SMILES string of the molecule is Cc1c(Br)cccc1C(Br)c1ccc(F)c2ccccc12. The summed E-state index contributed by atoms with van der Waals surface area (Å²) in [6.45, 7) is 2.08. The van der Waals surface area contributed by atoms with Crippen LogP contribution in [0.15, 0.2) is 59.1 Å². The minimum Gasteiger partial charge on any atom is -0.206 e. The molecule has 0 bridgehead atoms. The highest BCUT2D eigenvalue weighted by Gasteiger charge is 2.17. The number of hydrogen-bond acceptors (Lipinski definition) is 0. The van der Waals surface area contributed by atoms with Gasteiger partial charge in [-0.05, 0) is 41.1 Å². The predicted molar refractivity (Wildman–Crippen MR) is 93.6 cm³/mol. The van der Waals surface area contributed by atoms with Crippen molar-refractivity contribution in [2.45, 2.75) is 11.8 Å². The van der Waals surface area contributed by atoms with E-state index in [2.05, 4.69) is 44.8 Å². The van der Waals surface area contributed by atoms with Crippen LogP contribution in [0.2, 0.25) is 0 Å². The number of hydrogen-bond donors (Lipinski definition) is 0. The third kappa shape index (κ3) is 2.65. The van der Waals surface area contributed by atoms with E-state index in [0.717, 1.165) is 15.4 Å². The van der Waals surface area contributed by atoms with Crippen molar-refractivity contribution in [2.24, 2.45) is 0 Å². The van der Waals surface area contributed by atoms with Crippen LogP contribution in [-0.4, -0.2) is 0 Å². The fourth-order valence-electron chi connectivity index (χ4n) is 2.57. The normalized spacial score (nSPS) is 12.6. The van der Waals surface area contributed by atoms with Gasteiger partial charge in [0.15, 0.2) is 0 Å². The lowest BCUT2D eigenvalue weighted by molar-refractivity contribution is 0.639. The van der Waals surface area contributed by atoms with Crippen LogP contribution < -0.4 is 0 Å². The number of rotatable bonds is 2. The molecule has 0 fully saturated rings. The molecule has 0 aliphatic heterocycles. The Morgan fingerprint density at radius 2 is 1.57 bits per heavy atom. The van der Waals surface area contributed by atoms with E-state index in [1.165, 1.54) is 11.1 Å². The number of alkyl halides is 1. The first kappa shape index (κ1) is 14.7. The van der Waals surface area contributed by atoms with Crippen molar-refractivity contribution in [2.75, 3.05) is 0 Å². The van der Waals surface area contributed by atoms with Crippen molar-refractivity contribution in [3.63, 3.8) is 0 Å². The zero-order chi connectivity index (χ0) is 15.0. The van der Waals surface area contributed by atoms with E-state index in [1.54, 1.807) is 6.07 Å². The highest BCUT2D eigenvalue weighted by molar-refractivity contribution is 9.10. The highest BCUT2D eigenvalue weighted by atomic mass is 79.9. The van der Waals surface area contributed by atoms with E-state index in [9.17, 15) is 4.39 Å². The number of fused-ring (bicyclic) bond motifs is 1. The van der Waals surface area contributed by atoms with Crippen LogP contribution in [0.4, 0.5) is 4.39 Å². The Balaban J connectivity index is 2.21. The first-order valence-corrected chi connectivity index (χ1v) is 8.36. The molecule has 0 N–H and O–H groups in total. The fraction of sp³-hybridized carbons (Fsp3) is 0.111. The van der Waals surface area contributed by atoms with E-state index >= 15 is 0 Å². The maximum Gasteiger partial charge on any atom is 0.131 e. The molecule has 21 heavy (non-hydrogen) atoms. The van der Waals surface area contributed by atoms with Crippen LogP contribution in [0.1, 0.15) is 21.5 Å². The van der Waals surface area contributed by atoms with Gasteiger partial charge in [-0.1, -0.05) is 74.3 Å². The molecule has 3 rings (SSSR count). The molecule has 1 atom stereocenters. The van der Waals surface area contributed by atoms with Crippen molar-refractivity contribution >= 4 is 42.6 Å². The van der Waals surface area contributed by atoms with Crippen molar-refractivity contribution in [1.82, 2.24) is 0 Å². The van der Waals surface area contributed by atoms with Gasteiger partial charge in [0, 0.05) is 9.86 Å². The lowest BCUT2D eigenvalue weighted by atomic mass is 9.96. The van der Waals surface area contributed by atoms with E-state index in [4.69, 9.17) is 0 Å². The second-order valence-electron chi connectivity index (χ2n) is 5.00. The molecule has 106 valence electrons. The Hall–Kier alpha value is -1.19. The van der Waals surface area contributed by atoms with Gasteiger partial charge in [-0.3, -0.25) is 0 Å². The highest BCUT2D eigenvalue weighted by Crippen LogP contribution is 2.38. The molecular weight excluding hydrogens is 395 g/mol. The monoisotopic (exact) mass is 406 g/mol. The summed E-state index contributed by atoms with van der Waals surface area (Å²) in [4.78, 5) is 0.0282. The smallest absolute Gasteiger partial charge is 0.131 e.